The van der Waals surface area contributed by atoms with Crippen LogP contribution in [0.15, 0.2) is 12.1 Å². The second-order valence-corrected chi connectivity index (χ2v) is 5.76. The fourth-order valence-corrected chi connectivity index (χ4v) is 3.08. The number of ketones is 1. The Labute approximate surface area is 98.6 Å². The van der Waals surface area contributed by atoms with Crippen molar-refractivity contribution in [2.75, 3.05) is 13.1 Å². The molecular formula is C11H14ClNOS. The summed E-state index contributed by atoms with van der Waals surface area (Å²) >= 11 is 7.22. The topological polar surface area (TPSA) is 29.1 Å². The van der Waals surface area contributed by atoms with E-state index in [0.29, 0.717) is 10.3 Å². The molecule has 1 aliphatic heterocycles. The maximum atomic E-state index is 12.1. The lowest BCUT2D eigenvalue weighted by Crippen LogP contribution is -2.38. The molecule has 0 aromatic carbocycles. The van der Waals surface area contributed by atoms with E-state index in [9.17, 15) is 4.79 Å². The molecule has 0 radical (unpaired) electrons. The summed E-state index contributed by atoms with van der Waals surface area (Å²) in [5.41, 5.74) is 0. The number of piperidine rings is 1. The van der Waals surface area contributed by atoms with Gasteiger partial charge in [-0.25, -0.2) is 0 Å². The Morgan fingerprint density at radius 3 is 3.00 bits per heavy atom. The van der Waals surface area contributed by atoms with Crippen LogP contribution in [0.4, 0.5) is 0 Å². The Morgan fingerprint density at radius 2 is 2.40 bits per heavy atom. The smallest absolute Gasteiger partial charge is 0.176 e. The highest BCUT2D eigenvalue weighted by molar-refractivity contribution is 7.18. The van der Waals surface area contributed by atoms with E-state index < -0.39 is 0 Å². The average molecular weight is 244 g/mol. The van der Waals surface area contributed by atoms with Crippen molar-refractivity contribution in [2.24, 2.45) is 11.8 Å². The van der Waals surface area contributed by atoms with Gasteiger partial charge in [0.05, 0.1) is 9.21 Å². The number of carbonyl (C=O) groups is 1. The van der Waals surface area contributed by atoms with Gasteiger partial charge in [-0.1, -0.05) is 18.5 Å². The van der Waals surface area contributed by atoms with Crippen LogP contribution in [-0.4, -0.2) is 18.9 Å². The monoisotopic (exact) mass is 243 g/mol. The normalized spacial score (nSPS) is 26.5. The van der Waals surface area contributed by atoms with Crippen molar-refractivity contribution < 1.29 is 4.79 Å². The van der Waals surface area contributed by atoms with Crippen molar-refractivity contribution in [3.8, 4) is 0 Å². The molecule has 1 aromatic rings. The van der Waals surface area contributed by atoms with E-state index >= 15 is 0 Å². The van der Waals surface area contributed by atoms with Crippen molar-refractivity contribution in [1.29, 1.82) is 0 Å². The van der Waals surface area contributed by atoms with Crippen LogP contribution in [0.3, 0.4) is 0 Å². The lowest BCUT2D eigenvalue weighted by molar-refractivity contribution is 0.0853. The van der Waals surface area contributed by atoms with Crippen LogP contribution in [0.25, 0.3) is 0 Å². The van der Waals surface area contributed by atoms with Crippen LogP contribution in [0, 0.1) is 11.8 Å². The van der Waals surface area contributed by atoms with E-state index in [1.165, 1.54) is 11.3 Å². The van der Waals surface area contributed by atoms with Crippen molar-refractivity contribution in [1.82, 2.24) is 5.32 Å². The molecule has 4 heteroatoms. The second-order valence-electron chi connectivity index (χ2n) is 4.04. The van der Waals surface area contributed by atoms with Crippen LogP contribution >= 0.6 is 22.9 Å². The highest BCUT2D eigenvalue weighted by atomic mass is 35.5. The van der Waals surface area contributed by atoms with Crippen LogP contribution in [0.5, 0.6) is 0 Å². The maximum absolute atomic E-state index is 12.1. The lowest BCUT2D eigenvalue weighted by Gasteiger charge is -2.27. The number of rotatable bonds is 2. The zero-order valence-corrected chi connectivity index (χ0v) is 10.2. The highest BCUT2D eigenvalue weighted by Crippen LogP contribution is 2.28. The number of thiophene rings is 1. The fraction of sp³-hybridized carbons (Fsp3) is 0.545. The first-order valence-electron chi connectivity index (χ1n) is 5.19. The standard InChI is InChI=1S/C11H14ClNOS/c1-7-6-13-5-4-8(7)11(14)9-2-3-10(12)15-9/h2-3,7-8,13H,4-6H2,1H3. The van der Waals surface area contributed by atoms with Gasteiger partial charge in [0.15, 0.2) is 5.78 Å². The second kappa shape index (κ2) is 4.64. The van der Waals surface area contributed by atoms with E-state index in [1.54, 1.807) is 6.07 Å². The Balaban J connectivity index is 2.13. The van der Waals surface area contributed by atoms with E-state index in [4.69, 9.17) is 11.6 Å². The van der Waals surface area contributed by atoms with Gasteiger partial charge in [0.25, 0.3) is 0 Å². The summed E-state index contributed by atoms with van der Waals surface area (Å²) in [6.07, 6.45) is 0.940. The third-order valence-electron chi connectivity index (χ3n) is 2.94. The molecule has 2 unspecified atom stereocenters. The zero-order chi connectivity index (χ0) is 10.8. The summed E-state index contributed by atoms with van der Waals surface area (Å²) in [5.74, 6) is 0.856. The molecule has 2 heterocycles. The SMILES string of the molecule is CC1CNCCC1C(=O)c1ccc(Cl)s1. The summed E-state index contributed by atoms with van der Waals surface area (Å²) in [5, 5.41) is 3.30. The van der Waals surface area contributed by atoms with Gasteiger partial charge >= 0.3 is 0 Å². The largest absolute Gasteiger partial charge is 0.316 e. The van der Waals surface area contributed by atoms with Crippen molar-refractivity contribution in [3.63, 3.8) is 0 Å². The molecule has 0 spiro atoms. The molecule has 2 nitrogen and oxygen atoms in total. The minimum Gasteiger partial charge on any atom is -0.316 e. The average Bonchev–Trinajstić information content (AvgIpc) is 2.65. The number of hydrogen-bond acceptors (Lipinski definition) is 3. The van der Waals surface area contributed by atoms with Crippen molar-refractivity contribution >= 4 is 28.7 Å². The van der Waals surface area contributed by atoms with Crippen LogP contribution < -0.4 is 5.32 Å². The molecule has 82 valence electrons. The Morgan fingerprint density at radius 1 is 1.60 bits per heavy atom. The highest BCUT2D eigenvalue weighted by Gasteiger charge is 2.28. The first-order valence-corrected chi connectivity index (χ1v) is 6.38. The Kier molecular flexibility index (Phi) is 3.44. The van der Waals surface area contributed by atoms with Gasteiger partial charge in [0.2, 0.25) is 0 Å². The molecule has 0 bridgehead atoms. The number of carbonyl (C=O) groups excluding carboxylic acids is 1. The molecule has 2 atom stereocenters. The number of nitrogens with one attached hydrogen (secondary N) is 1. The van der Waals surface area contributed by atoms with Gasteiger partial charge in [-0.15, -0.1) is 11.3 Å². The fourth-order valence-electron chi connectivity index (χ4n) is 2.03. The van der Waals surface area contributed by atoms with E-state index in [0.717, 1.165) is 24.4 Å². The lowest BCUT2D eigenvalue weighted by atomic mass is 9.84. The van der Waals surface area contributed by atoms with Gasteiger partial charge in [0, 0.05) is 5.92 Å². The molecule has 0 saturated carbocycles. The molecule has 0 amide bonds. The molecule has 1 saturated heterocycles. The third kappa shape index (κ3) is 2.41. The first kappa shape index (κ1) is 11.1. The number of hydrogen-bond donors (Lipinski definition) is 1. The maximum Gasteiger partial charge on any atom is 0.176 e. The van der Waals surface area contributed by atoms with Crippen LogP contribution in [0.1, 0.15) is 23.0 Å². The molecule has 1 aromatic heterocycles. The molecule has 1 N–H and O–H groups in total. The minimum atomic E-state index is 0.168. The van der Waals surface area contributed by atoms with E-state index in [-0.39, 0.29) is 11.7 Å². The molecule has 15 heavy (non-hydrogen) atoms. The van der Waals surface area contributed by atoms with E-state index in [2.05, 4.69) is 12.2 Å². The van der Waals surface area contributed by atoms with Crippen LogP contribution in [-0.2, 0) is 0 Å². The quantitative estimate of drug-likeness (QED) is 0.810. The third-order valence-corrected chi connectivity index (χ3v) is 4.18. The molecular weight excluding hydrogens is 230 g/mol. The summed E-state index contributed by atoms with van der Waals surface area (Å²) < 4.78 is 0.694. The van der Waals surface area contributed by atoms with Gasteiger partial charge in [-0.2, -0.15) is 0 Å². The van der Waals surface area contributed by atoms with Crippen molar-refractivity contribution in [2.45, 2.75) is 13.3 Å². The van der Waals surface area contributed by atoms with Gasteiger partial charge in [-0.3, -0.25) is 4.79 Å². The van der Waals surface area contributed by atoms with Crippen LogP contribution in [0.2, 0.25) is 4.34 Å². The summed E-state index contributed by atoms with van der Waals surface area (Å²) in [6.45, 7) is 4.01. The zero-order valence-electron chi connectivity index (χ0n) is 8.63. The van der Waals surface area contributed by atoms with Gasteiger partial charge < -0.3 is 5.32 Å². The van der Waals surface area contributed by atoms with E-state index in [1.807, 2.05) is 6.07 Å². The Hall–Kier alpha value is -0.380. The van der Waals surface area contributed by atoms with Crippen molar-refractivity contribution in [3.05, 3.63) is 21.3 Å². The first-order chi connectivity index (χ1) is 7.18. The van der Waals surface area contributed by atoms with Gasteiger partial charge in [0.1, 0.15) is 0 Å². The summed E-state index contributed by atoms with van der Waals surface area (Å²) in [7, 11) is 0. The summed E-state index contributed by atoms with van der Waals surface area (Å²) in [4.78, 5) is 13.0. The predicted molar refractivity (Wildman–Crippen MR) is 63.8 cm³/mol. The molecule has 2 rings (SSSR count). The number of halogens is 1. The van der Waals surface area contributed by atoms with Gasteiger partial charge in [-0.05, 0) is 37.6 Å². The molecule has 1 aliphatic rings. The predicted octanol–water partition coefficient (Wildman–Crippen LogP) is 2.83. The molecule has 1 fully saturated rings. The summed E-state index contributed by atoms with van der Waals surface area (Å²) in [6, 6.07) is 3.63. The Bertz CT molecular complexity index is 363. The number of Topliss-reactive ketones (excluding diaryl/α,β-unsaturated/α-hetero) is 1. The minimum absolute atomic E-state index is 0.168. The molecule has 0 aliphatic carbocycles.